The van der Waals surface area contributed by atoms with Crippen LogP contribution in [0.5, 0.6) is 0 Å². The molecule has 1 heterocycles. The number of anilines is 1. The van der Waals surface area contributed by atoms with Crippen molar-refractivity contribution in [3.63, 3.8) is 0 Å². The summed E-state index contributed by atoms with van der Waals surface area (Å²) in [5, 5.41) is 13.5. The minimum absolute atomic E-state index is 0.906. The van der Waals surface area contributed by atoms with Crippen molar-refractivity contribution >= 4 is 16.5 Å². The van der Waals surface area contributed by atoms with Gasteiger partial charge in [-0.05, 0) is 24.5 Å². The molecule has 1 N–H and O–H groups in total. The van der Waals surface area contributed by atoms with Gasteiger partial charge in [0.15, 0.2) is 0 Å². The zero-order chi connectivity index (χ0) is 12.1. The minimum Gasteiger partial charge on any atom is -0.360 e. The van der Waals surface area contributed by atoms with Crippen LogP contribution in [0.15, 0.2) is 24.3 Å². The number of aryl methyl sites for hydroxylation is 1. The van der Waals surface area contributed by atoms with Gasteiger partial charge in [-0.25, -0.2) is 0 Å². The number of benzene rings is 1. The summed E-state index contributed by atoms with van der Waals surface area (Å²) in [7, 11) is 0. The number of nitrogens with one attached hydrogen (secondary N) is 1. The highest BCUT2D eigenvalue weighted by Crippen LogP contribution is 2.26. The van der Waals surface area contributed by atoms with Crippen molar-refractivity contribution in [2.75, 3.05) is 11.9 Å². The Morgan fingerprint density at radius 3 is 2.88 bits per heavy atom. The second-order valence-corrected chi connectivity index (χ2v) is 4.87. The van der Waals surface area contributed by atoms with Gasteiger partial charge in [-0.15, -0.1) is 10.2 Å². The first-order valence-electron chi connectivity index (χ1n) is 6.00. The summed E-state index contributed by atoms with van der Waals surface area (Å²) >= 11 is 1.61. The van der Waals surface area contributed by atoms with E-state index in [1.54, 1.807) is 11.3 Å². The number of aromatic nitrogens is 2. The number of hydrogen-bond donors (Lipinski definition) is 1. The maximum Gasteiger partial charge on any atom is 0.206 e. The normalized spacial score (nSPS) is 10.5. The molecule has 90 valence electrons. The second-order valence-electron chi connectivity index (χ2n) is 3.89. The predicted molar refractivity (Wildman–Crippen MR) is 73.5 cm³/mol. The maximum atomic E-state index is 4.22. The van der Waals surface area contributed by atoms with Gasteiger partial charge in [0, 0.05) is 12.1 Å². The van der Waals surface area contributed by atoms with E-state index >= 15 is 0 Å². The summed E-state index contributed by atoms with van der Waals surface area (Å²) in [6.07, 6.45) is 2.15. The maximum absolute atomic E-state index is 4.22. The molecule has 1 aromatic carbocycles. The molecule has 0 aliphatic heterocycles. The van der Waals surface area contributed by atoms with E-state index in [2.05, 4.69) is 53.6 Å². The lowest BCUT2D eigenvalue weighted by atomic mass is 10.1. The summed E-state index contributed by atoms with van der Waals surface area (Å²) < 4.78 is 0. The van der Waals surface area contributed by atoms with Gasteiger partial charge in [0.05, 0.1) is 0 Å². The lowest BCUT2D eigenvalue weighted by molar-refractivity contribution is 0.964. The molecule has 0 amide bonds. The van der Waals surface area contributed by atoms with Crippen molar-refractivity contribution in [2.45, 2.75) is 26.7 Å². The zero-order valence-electron chi connectivity index (χ0n) is 10.2. The molecule has 0 saturated carbocycles. The SMILES string of the molecule is CCCNc1nnc(-c2cccc(CC)c2)s1. The second kappa shape index (κ2) is 5.77. The van der Waals surface area contributed by atoms with Gasteiger partial charge in [0.25, 0.3) is 0 Å². The van der Waals surface area contributed by atoms with Crippen LogP contribution in [0.2, 0.25) is 0 Å². The van der Waals surface area contributed by atoms with Crippen LogP contribution in [0.25, 0.3) is 10.6 Å². The van der Waals surface area contributed by atoms with Crippen LogP contribution in [0.3, 0.4) is 0 Å². The van der Waals surface area contributed by atoms with Gasteiger partial charge in [-0.2, -0.15) is 0 Å². The van der Waals surface area contributed by atoms with E-state index in [9.17, 15) is 0 Å². The van der Waals surface area contributed by atoms with Crippen LogP contribution in [-0.2, 0) is 6.42 Å². The van der Waals surface area contributed by atoms with E-state index in [-0.39, 0.29) is 0 Å². The van der Waals surface area contributed by atoms with Gasteiger partial charge in [0.2, 0.25) is 5.13 Å². The first kappa shape index (κ1) is 12.0. The molecule has 2 aromatic rings. The minimum atomic E-state index is 0.906. The van der Waals surface area contributed by atoms with Crippen molar-refractivity contribution in [3.8, 4) is 10.6 Å². The molecule has 3 nitrogen and oxygen atoms in total. The fourth-order valence-electron chi connectivity index (χ4n) is 1.57. The molecule has 2 rings (SSSR count). The molecule has 0 bridgehead atoms. The third kappa shape index (κ3) is 3.03. The fourth-order valence-corrected chi connectivity index (χ4v) is 2.33. The Hall–Kier alpha value is -1.42. The summed E-state index contributed by atoms with van der Waals surface area (Å²) in [5.74, 6) is 0. The van der Waals surface area contributed by atoms with Crippen LogP contribution >= 0.6 is 11.3 Å². The smallest absolute Gasteiger partial charge is 0.206 e. The van der Waals surface area contributed by atoms with Crippen LogP contribution in [0.1, 0.15) is 25.8 Å². The Labute approximate surface area is 106 Å². The largest absolute Gasteiger partial charge is 0.360 e. The highest BCUT2D eigenvalue weighted by Gasteiger charge is 2.06. The molecule has 17 heavy (non-hydrogen) atoms. The molecule has 0 saturated heterocycles. The monoisotopic (exact) mass is 247 g/mol. The van der Waals surface area contributed by atoms with Gasteiger partial charge < -0.3 is 5.32 Å². The lowest BCUT2D eigenvalue weighted by Crippen LogP contribution is -1.98. The van der Waals surface area contributed by atoms with Crippen LogP contribution in [-0.4, -0.2) is 16.7 Å². The van der Waals surface area contributed by atoms with Gasteiger partial charge >= 0.3 is 0 Å². The Balaban J connectivity index is 2.18. The molecular formula is C13H17N3S. The summed E-state index contributed by atoms with van der Waals surface area (Å²) in [4.78, 5) is 0. The summed E-state index contributed by atoms with van der Waals surface area (Å²) in [6, 6.07) is 8.49. The Morgan fingerprint density at radius 2 is 2.12 bits per heavy atom. The molecule has 1 aromatic heterocycles. The first-order valence-corrected chi connectivity index (χ1v) is 6.81. The van der Waals surface area contributed by atoms with Gasteiger partial charge in [-0.3, -0.25) is 0 Å². The Morgan fingerprint density at radius 1 is 1.24 bits per heavy atom. The highest BCUT2D eigenvalue weighted by atomic mass is 32.1. The summed E-state index contributed by atoms with van der Waals surface area (Å²) in [6.45, 7) is 5.25. The van der Waals surface area contributed by atoms with Crippen molar-refractivity contribution in [1.29, 1.82) is 0 Å². The molecule has 0 unspecified atom stereocenters. The first-order chi connectivity index (χ1) is 8.33. The average molecular weight is 247 g/mol. The molecule has 4 heteroatoms. The number of nitrogens with zero attached hydrogens (tertiary/aromatic N) is 2. The molecule has 0 aliphatic rings. The van der Waals surface area contributed by atoms with Gasteiger partial charge in [0.1, 0.15) is 5.01 Å². The number of rotatable bonds is 5. The van der Waals surface area contributed by atoms with E-state index in [0.717, 1.165) is 35.1 Å². The van der Waals surface area contributed by atoms with Crippen LogP contribution < -0.4 is 5.32 Å². The quantitative estimate of drug-likeness (QED) is 0.877. The molecule has 0 atom stereocenters. The van der Waals surface area contributed by atoms with Crippen LogP contribution in [0, 0.1) is 0 Å². The van der Waals surface area contributed by atoms with E-state index in [1.165, 1.54) is 5.56 Å². The van der Waals surface area contributed by atoms with E-state index in [0.29, 0.717) is 0 Å². The third-order valence-electron chi connectivity index (χ3n) is 2.53. The molecular weight excluding hydrogens is 230 g/mol. The van der Waals surface area contributed by atoms with E-state index in [1.807, 2.05) is 0 Å². The average Bonchev–Trinajstić information content (AvgIpc) is 2.85. The molecule has 0 radical (unpaired) electrons. The van der Waals surface area contributed by atoms with E-state index < -0.39 is 0 Å². The molecule has 0 aliphatic carbocycles. The van der Waals surface area contributed by atoms with Crippen molar-refractivity contribution in [3.05, 3.63) is 29.8 Å². The standard InChI is InChI=1S/C13H17N3S/c1-3-8-14-13-16-15-12(17-13)11-7-5-6-10(4-2)9-11/h5-7,9H,3-4,8H2,1-2H3,(H,14,16). The van der Waals surface area contributed by atoms with Crippen molar-refractivity contribution < 1.29 is 0 Å². The number of hydrogen-bond acceptors (Lipinski definition) is 4. The van der Waals surface area contributed by atoms with Crippen LogP contribution in [0.4, 0.5) is 5.13 Å². The fraction of sp³-hybridized carbons (Fsp3) is 0.385. The molecule has 0 spiro atoms. The van der Waals surface area contributed by atoms with E-state index in [4.69, 9.17) is 0 Å². The highest BCUT2D eigenvalue weighted by molar-refractivity contribution is 7.18. The Kier molecular flexibility index (Phi) is 4.09. The zero-order valence-corrected chi connectivity index (χ0v) is 11.0. The lowest BCUT2D eigenvalue weighted by Gasteiger charge is -1.99. The van der Waals surface area contributed by atoms with Crippen molar-refractivity contribution in [1.82, 2.24) is 10.2 Å². The summed E-state index contributed by atoms with van der Waals surface area (Å²) in [5.41, 5.74) is 2.49. The van der Waals surface area contributed by atoms with Gasteiger partial charge in [-0.1, -0.05) is 43.4 Å². The molecule has 0 fully saturated rings. The Bertz CT molecular complexity index is 479. The predicted octanol–water partition coefficient (Wildman–Crippen LogP) is 3.59. The third-order valence-corrected chi connectivity index (χ3v) is 3.46. The van der Waals surface area contributed by atoms with Crippen molar-refractivity contribution in [2.24, 2.45) is 0 Å². The topological polar surface area (TPSA) is 37.8 Å².